The zero-order valence-corrected chi connectivity index (χ0v) is 20.1. The monoisotopic (exact) mass is 511 g/mol. The predicted molar refractivity (Wildman–Crippen MR) is 133 cm³/mol. The Morgan fingerprint density at radius 2 is 1.76 bits per heavy atom. The van der Waals surface area contributed by atoms with Gasteiger partial charge in [0.05, 0.1) is 6.20 Å². The average Bonchev–Trinajstić information content (AvgIpc) is 2.90. The second-order valence-electron chi connectivity index (χ2n) is 8.91. The lowest BCUT2D eigenvalue weighted by Gasteiger charge is -2.29. The smallest absolute Gasteiger partial charge is 0.405 e. The van der Waals surface area contributed by atoms with E-state index >= 15 is 0 Å². The molecule has 0 aliphatic heterocycles. The molecule has 0 spiro atoms. The summed E-state index contributed by atoms with van der Waals surface area (Å²) < 4.78 is 42.1. The van der Waals surface area contributed by atoms with E-state index in [0.717, 1.165) is 32.2 Å². The largest absolute Gasteiger partial charge is 0.573 e. The lowest BCUT2D eigenvalue weighted by Crippen LogP contribution is -2.34. The molecule has 4 rings (SSSR count). The van der Waals surface area contributed by atoms with Crippen molar-refractivity contribution in [2.24, 2.45) is 5.92 Å². The Bertz CT molecular complexity index is 1190. The third-order valence-electron chi connectivity index (χ3n) is 6.29. The summed E-state index contributed by atoms with van der Waals surface area (Å²) in [6.45, 7) is 1.52. The fraction of sp³-hybridized carbons (Fsp3) is 0.385. The summed E-state index contributed by atoms with van der Waals surface area (Å²) in [6, 6.07) is 12.4. The van der Waals surface area contributed by atoms with Gasteiger partial charge in [-0.3, -0.25) is 4.98 Å². The number of rotatable bonds is 10. The molecule has 1 aliphatic carbocycles. The molecule has 194 valence electrons. The van der Waals surface area contributed by atoms with Gasteiger partial charge in [-0.15, -0.1) is 13.2 Å². The molecule has 1 fully saturated rings. The molecule has 11 heteroatoms. The summed E-state index contributed by atoms with van der Waals surface area (Å²) in [5, 5.41) is 19.3. The number of aromatic nitrogens is 3. The van der Waals surface area contributed by atoms with Crippen LogP contribution in [0.5, 0.6) is 5.75 Å². The van der Waals surface area contributed by atoms with Gasteiger partial charge in [0.2, 0.25) is 5.95 Å². The number of ether oxygens (including phenoxy) is 1. The molecule has 2 heterocycles. The first kappa shape index (κ1) is 26.2. The number of nitrogens with one attached hydrogen (secondary N) is 3. The summed E-state index contributed by atoms with van der Waals surface area (Å²) in [4.78, 5) is 12.6. The number of pyridine rings is 1. The van der Waals surface area contributed by atoms with Crippen molar-refractivity contribution in [1.29, 1.82) is 5.26 Å². The molecule has 0 radical (unpaired) electrons. The van der Waals surface area contributed by atoms with E-state index in [4.69, 9.17) is 0 Å². The normalized spacial score (nSPS) is 17.6. The van der Waals surface area contributed by atoms with Crippen LogP contribution in [0, 0.1) is 17.2 Å². The zero-order valence-electron chi connectivity index (χ0n) is 20.1. The zero-order chi connectivity index (χ0) is 26.1. The fourth-order valence-corrected chi connectivity index (χ4v) is 4.31. The summed E-state index contributed by atoms with van der Waals surface area (Å²) in [7, 11) is 0. The SMILES string of the molecule is N#Cc1cnc(NCc2ccccc2OC(F)(F)F)nc1NCC1CCC(NCc2ccncc2)CC1. The molecule has 0 bridgehead atoms. The molecule has 37 heavy (non-hydrogen) atoms. The molecule has 8 nitrogen and oxygen atoms in total. The third-order valence-corrected chi connectivity index (χ3v) is 6.29. The molecule has 3 aromatic rings. The molecule has 0 unspecified atom stereocenters. The average molecular weight is 512 g/mol. The summed E-state index contributed by atoms with van der Waals surface area (Å²) in [6.07, 6.45) is 4.44. The molecule has 1 saturated carbocycles. The van der Waals surface area contributed by atoms with Gasteiger partial charge in [0.15, 0.2) is 0 Å². The Morgan fingerprint density at radius 3 is 2.49 bits per heavy atom. The van der Waals surface area contributed by atoms with Crippen molar-refractivity contribution in [3.8, 4) is 11.8 Å². The number of benzene rings is 1. The standard InChI is InChI=1S/C26H28F3N7O/c27-26(28,29)37-23-4-2-1-3-20(23)16-34-25-35-17-21(13-30)24(36-25)33-15-18-5-7-22(8-6-18)32-14-19-9-11-31-12-10-19/h1-4,9-12,17-18,22,32H,5-8,14-16H2,(H2,33,34,35,36). The molecule has 0 saturated heterocycles. The first-order chi connectivity index (χ1) is 17.9. The molecule has 2 aromatic heterocycles. The molecule has 3 N–H and O–H groups in total. The lowest BCUT2D eigenvalue weighted by molar-refractivity contribution is -0.274. The van der Waals surface area contributed by atoms with Crippen molar-refractivity contribution < 1.29 is 17.9 Å². The highest BCUT2D eigenvalue weighted by Crippen LogP contribution is 2.27. The maximum atomic E-state index is 12.7. The Hall–Kier alpha value is -3.91. The van der Waals surface area contributed by atoms with Crippen LogP contribution < -0.4 is 20.7 Å². The van der Waals surface area contributed by atoms with Crippen molar-refractivity contribution in [3.63, 3.8) is 0 Å². The summed E-state index contributed by atoms with van der Waals surface area (Å²) in [5.41, 5.74) is 1.82. The third kappa shape index (κ3) is 8.05. The summed E-state index contributed by atoms with van der Waals surface area (Å²) in [5.74, 6) is 0.758. The van der Waals surface area contributed by atoms with Crippen molar-refractivity contribution in [2.45, 2.75) is 51.2 Å². The molecular weight excluding hydrogens is 483 g/mol. The van der Waals surface area contributed by atoms with Crippen LogP contribution in [0.25, 0.3) is 0 Å². The van der Waals surface area contributed by atoms with Gasteiger partial charge in [0.1, 0.15) is 23.2 Å². The van der Waals surface area contributed by atoms with Gasteiger partial charge in [-0.2, -0.15) is 10.2 Å². The van der Waals surface area contributed by atoms with Gasteiger partial charge in [-0.05, 0) is 55.4 Å². The van der Waals surface area contributed by atoms with Crippen LogP contribution in [-0.4, -0.2) is 33.9 Å². The fourth-order valence-electron chi connectivity index (χ4n) is 4.31. The Labute approximate surface area is 213 Å². The predicted octanol–water partition coefficient (Wildman–Crippen LogP) is 5.01. The van der Waals surface area contributed by atoms with Gasteiger partial charge in [0, 0.05) is 43.6 Å². The van der Waals surface area contributed by atoms with Crippen molar-refractivity contribution in [1.82, 2.24) is 20.3 Å². The van der Waals surface area contributed by atoms with Crippen LogP contribution in [0.1, 0.15) is 42.4 Å². The van der Waals surface area contributed by atoms with E-state index in [1.54, 1.807) is 18.5 Å². The van der Waals surface area contributed by atoms with Crippen LogP contribution in [0.4, 0.5) is 24.9 Å². The van der Waals surface area contributed by atoms with E-state index in [9.17, 15) is 18.4 Å². The number of hydrogen-bond donors (Lipinski definition) is 3. The topological polar surface area (TPSA) is 108 Å². The highest BCUT2D eigenvalue weighted by atomic mass is 19.4. The number of nitrogens with zero attached hydrogens (tertiary/aromatic N) is 4. The van der Waals surface area contributed by atoms with Crippen LogP contribution in [0.3, 0.4) is 0 Å². The maximum absolute atomic E-state index is 12.7. The van der Waals surface area contributed by atoms with Gasteiger partial charge < -0.3 is 20.7 Å². The van der Waals surface area contributed by atoms with Crippen LogP contribution in [0.15, 0.2) is 55.0 Å². The number of halogens is 3. The maximum Gasteiger partial charge on any atom is 0.573 e. The number of nitriles is 1. The van der Waals surface area contributed by atoms with Crippen molar-refractivity contribution in [3.05, 3.63) is 71.7 Å². The molecule has 0 atom stereocenters. The minimum absolute atomic E-state index is 0.0219. The lowest BCUT2D eigenvalue weighted by atomic mass is 9.86. The minimum Gasteiger partial charge on any atom is -0.405 e. The highest BCUT2D eigenvalue weighted by Gasteiger charge is 2.32. The Morgan fingerprint density at radius 1 is 1.00 bits per heavy atom. The molecule has 0 amide bonds. The first-order valence-electron chi connectivity index (χ1n) is 12.1. The van der Waals surface area contributed by atoms with E-state index in [1.807, 2.05) is 12.1 Å². The molecular formula is C26H28F3N7O. The van der Waals surface area contributed by atoms with Crippen LogP contribution in [-0.2, 0) is 13.1 Å². The second-order valence-corrected chi connectivity index (χ2v) is 8.91. The van der Waals surface area contributed by atoms with Gasteiger partial charge in [0.25, 0.3) is 0 Å². The molecule has 1 aliphatic rings. The quantitative estimate of drug-likeness (QED) is 0.349. The summed E-state index contributed by atoms with van der Waals surface area (Å²) >= 11 is 0. The number of anilines is 2. The van der Waals surface area contributed by atoms with E-state index < -0.39 is 6.36 Å². The van der Waals surface area contributed by atoms with E-state index in [0.29, 0.717) is 35.4 Å². The number of hydrogen-bond acceptors (Lipinski definition) is 8. The van der Waals surface area contributed by atoms with Gasteiger partial charge >= 0.3 is 6.36 Å². The minimum atomic E-state index is -4.78. The number of para-hydroxylation sites is 1. The van der Waals surface area contributed by atoms with E-state index in [1.165, 1.54) is 30.0 Å². The van der Waals surface area contributed by atoms with Crippen molar-refractivity contribution >= 4 is 11.8 Å². The van der Waals surface area contributed by atoms with E-state index in [2.05, 4.69) is 41.7 Å². The first-order valence-corrected chi connectivity index (χ1v) is 12.1. The van der Waals surface area contributed by atoms with Gasteiger partial charge in [-0.1, -0.05) is 18.2 Å². The number of alkyl halides is 3. The highest BCUT2D eigenvalue weighted by molar-refractivity contribution is 5.53. The van der Waals surface area contributed by atoms with Crippen LogP contribution in [0.2, 0.25) is 0 Å². The van der Waals surface area contributed by atoms with Crippen LogP contribution >= 0.6 is 0 Å². The Balaban J connectivity index is 1.28. The molecule has 1 aromatic carbocycles. The van der Waals surface area contributed by atoms with E-state index in [-0.39, 0.29) is 18.2 Å². The Kier molecular flexibility index (Phi) is 8.74. The van der Waals surface area contributed by atoms with Crippen molar-refractivity contribution in [2.75, 3.05) is 17.2 Å². The van der Waals surface area contributed by atoms with Gasteiger partial charge in [-0.25, -0.2) is 4.98 Å². The second kappa shape index (κ2) is 12.4.